The minimum atomic E-state index is -4.41. The Bertz CT molecular complexity index is 607. The highest BCUT2D eigenvalue weighted by Gasteiger charge is 2.31. The molecule has 0 aliphatic heterocycles. The largest absolute Gasteiger partial charge is 0.460 e. The van der Waals surface area contributed by atoms with Crippen molar-refractivity contribution in [3.63, 3.8) is 0 Å². The van der Waals surface area contributed by atoms with Crippen molar-refractivity contribution in [3.8, 4) is 11.3 Å². The summed E-state index contributed by atoms with van der Waals surface area (Å²) in [6.07, 6.45) is -3.41. The van der Waals surface area contributed by atoms with Gasteiger partial charge in [-0.25, -0.2) is 0 Å². The summed E-state index contributed by atoms with van der Waals surface area (Å²) in [6.45, 7) is 3.42. The van der Waals surface area contributed by atoms with E-state index in [0.717, 1.165) is 25.1 Å². The lowest BCUT2D eigenvalue weighted by Gasteiger charge is -2.09. The fourth-order valence-corrected chi connectivity index (χ4v) is 2.11. The summed E-state index contributed by atoms with van der Waals surface area (Å²) in [5.74, 6) is 0.992. The zero-order chi connectivity index (χ0) is 15.5. The Hall–Kier alpha value is -1.46. The van der Waals surface area contributed by atoms with Gasteiger partial charge in [0.05, 0.1) is 17.1 Å². The zero-order valence-electron chi connectivity index (χ0n) is 11.4. The Balaban J connectivity index is 2.25. The quantitative estimate of drug-likeness (QED) is 0.774. The molecule has 1 aromatic heterocycles. The van der Waals surface area contributed by atoms with E-state index < -0.39 is 11.7 Å². The molecular weight excluding hydrogens is 303 g/mol. The predicted molar refractivity (Wildman–Crippen MR) is 76.2 cm³/mol. The van der Waals surface area contributed by atoms with Gasteiger partial charge in [-0.15, -0.1) is 0 Å². The highest BCUT2D eigenvalue weighted by Crippen LogP contribution is 2.36. The second kappa shape index (κ2) is 6.54. The molecule has 114 valence electrons. The first kappa shape index (κ1) is 15.9. The molecule has 2 nitrogen and oxygen atoms in total. The van der Waals surface area contributed by atoms with Gasteiger partial charge in [-0.2, -0.15) is 13.2 Å². The van der Waals surface area contributed by atoms with Crippen molar-refractivity contribution in [2.24, 2.45) is 0 Å². The fraction of sp³-hybridized carbons (Fsp3) is 0.333. The van der Waals surface area contributed by atoms with Crippen molar-refractivity contribution in [3.05, 3.63) is 46.7 Å². The third-order valence-corrected chi connectivity index (χ3v) is 3.28. The molecule has 1 N–H and O–H groups in total. The molecule has 6 heteroatoms. The second-order valence-electron chi connectivity index (χ2n) is 4.64. The van der Waals surface area contributed by atoms with Crippen LogP contribution < -0.4 is 5.32 Å². The summed E-state index contributed by atoms with van der Waals surface area (Å²) in [5, 5.41) is 3.39. The molecule has 0 fully saturated rings. The molecule has 0 saturated carbocycles. The van der Waals surface area contributed by atoms with Crippen LogP contribution in [0.2, 0.25) is 5.02 Å². The number of benzene rings is 1. The molecule has 0 aliphatic rings. The van der Waals surface area contributed by atoms with E-state index in [9.17, 15) is 13.2 Å². The summed E-state index contributed by atoms with van der Waals surface area (Å²) >= 11 is 5.97. The third kappa shape index (κ3) is 4.02. The summed E-state index contributed by atoms with van der Waals surface area (Å²) in [6, 6.07) is 6.55. The van der Waals surface area contributed by atoms with Crippen LogP contribution >= 0.6 is 11.6 Å². The van der Waals surface area contributed by atoms with Gasteiger partial charge >= 0.3 is 6.18 Å². The SMILES string of the molecule is CCCNCc1ccc(-c2cc(C(F)(F)F)ccc2Cl)o1. The van der Waals surface area contributed by atoms with Crippen LogP contribution in [0, 0.1) is 0 Å². The molecule has 2 rings (SSSR count). The van der Waals surface area contributed by atoms with Crippen molar-refractivity contribution in [1.29, 1.82) is 0 Å². The molecular formula is C15H15ClF3NO. The third-order valence-electron chi connectivity index (χ3n) is 2.95. The Morgan fingerprint density at radius 3 is 2.62 bits per heavy atom. The average Bonchev–Trinajstić information content (AvgIpc) is 2.87. The predicted octanol–water partition coefficient (Wildman–Crippen LogP) is 5.12. The van der Waals surface area contributed by atoms with Gasteiger partial charge in [0.25, 0.3) is 0 Å². The second-order valence-corrected chi connectivity index (χ2v) is 5.04. The van der Waals surface area contributed by atoms with Crippen LogP contribution in [0.3, 0.4) is 0 Å². The van der Waals surface area contributed by atoms with E-state index in [1.807, 2.05) is 6.92 Å². The highest BCUT2D eigenvalue weighted by atomic mass is 35.5. The van der Waals surface area contributed by atoms with E-state index in [4.69, 9.17) is 16.0 Å². The molecule has 1 heterocycles. The van der Waals surface area contributed by atoms with E-state index in [-0.39, 0.29) is 10.6 Å². The fourth-order valence-electron chi connectivity index (χ4n) is 1.90. The van der Waals surface area contributed by atoms with Crippen LogP contribution in [0.4, 0.5) is 13.2 Å². The maximum atomic E-state index is 12.7. The molecule has 0 radical (unpaired) electrons. The first-order chi connectivity index (χ1) is 9.91. The zero-order valence-corrected chi connectivity index (χ0v) is 12.2. The van der Waals surface area contributed by atoms with Crippen LogP contribution in [-0.2, 0) is 12.7 Å². The lowest BCUT2D eigenvalue weighted by Crippen LogP contribution is -2.12. The molecule has 0 aliphatic carbocycles. The first-order valence-corrected chi connectivity index (χ1v) is 6.96. The Morgan fingerprint density at radius 1 is 1.19 bits per heavy atom. The minimum absolute atomic E-state index is 0.227. The number of alkyl halides is 3. The van der Waals surface area contributed by atoms with Crippen molar-refractivity contribution in [1.82, 2.24) is 5.32 Å². The van der Waals surface area contributed by atoms with Gasteiger partial charge in [0.1, 0.15) is 11.5 Å². The van der Waals surface area contributed by atoms with Crippen molar-refractivity contribution < 1.29 is 17.6 Å². The Labute approximate surface area is 125 Å². The molecule has 0 atom stereocenters. The van der Waals surface area contributed by atoms with Gasteiger partial charge in [0, 0.05) is 5.56 Å². The maximum absolute atomic E-state index is 12.7. The first-order valence-electron chi connectivity index (χ1n) is 6.58. The molecule has 0 saturated heterocycles. The van der Waals surface area contributed by atoms with Gasteiger partial charge < -0.3 is 9.73 Å². The number of furan rings is 1. The van der Waals surface area contributed by atoms with Crippen molar-refractivity contribution >= 4 is 11.6 Å². The lowest BCUT2D eigenvalue weighted by atomic mass is 10.1. The Morgan fingerprint density at radius 2 is 1.95 bits per heavy atom. The van der Waals surface area contributed by atoms with Gasteiger partial charge in [0.15, 0.2) is 0 Å². The molecule has 0 spiro atoms. The topological polar surface area (TPSA) is 25.2 Å². The number of rotatable bonds is 5. The van der Waals surface area contributed by atoms with Crippen molar-refractivity contribution in [2.45, 2.75) is 26.1 Å². The molecule has 0 unspecified atom stereocenters. The van der Waals surface area contributed by atoms with Crippen LogP contribution in [0.25, 0.3) is 11.3 Å². The number of halogens is 4. The summed E-state index contributed by atoms with van der Waals surface area (Å²) in [4.78, 5) is 0. The number of hydrogen-bond donors (Lipinski definition) is 1. The van der Waals surface area contributed by atoms with Gasteiger partial charge in [-0.05, 0) is 43.3 Å². The highest BCUT2D eigenvalue weighted by molar-refractivity contribution is 6.33. The molecule has 2 aromatic rings. The monoisotopic (exact) mass is 317 g/mol. The van der Waals surface area contributed by atoms with E-state index in [1.54, 1.807) is 12.1 Å². The summed E-state index contributed by atoms with van der Waals surface area (Å²) in [5.41, 5.74) is -0.503. The number of nitrogens with one attached hydrogen (secondary N) is 1. The minimum Gasteiger partial charge on any atom is -0.460 e. The van der Waals surface area contributed by atoms with E-state index in [2.05, 4.69) is 5.32 Å². The Kier molecular flexibility index (Phi) is 4.96. The molecule has 21 heavy (non-hydrogen) atoms. The van der Waals surface area contributed by atoms with E-state index >= 15 is 0 Å². The standard InChI is InChI=1S/C15H15ClF3NO/c1-2-7-20-9-11-4-6-14(21-11)12-8-10(15(17,18)19)3-5-13(12)16/h3-6,8,20H,2,7,9H2,1H3. The van der Waals surface area contributed by atoms with Crippen molar-refractivity contribution in [2.75, 3.05) is 6.54 Å². The van der Waals surface area contributed by atoms with Crippen LogP contribution in [0.1, 0.15) is 24.7 Å². The van der Waals surface area contributed by atoms with Crippen LogP contribution in [-0.4, -0.2) is 6.54 Å². The lowest BCUT2D eigenvalue weighted by molar-refractivity contribution is -0.137. The smallest absolute Gasteiger partial charge is 0.416 e. The molecule has 1 aromatic carbocycles. The number of hydrogen-bond acceptors (Lipinski definition) is 2. The summed E-state index contributed by atoms with van der Waals surface area (Å²) < 4.78 is 43.8. The van der Waals surface area contributed by atoms with E-state index in [0.29, 0.717) is 18.1 Å². The van der Waals surface area contributed by atoms with Crippen LogP contribution in [0.5, 0.6) is 0 Å². The van der Waals surface area contributed by atoms with Gasteiger partial charge in [0.2, 0.25) is 0 Å². The molecule has 0 bridgehead atoms. The van der Waals surface area contributed by atoms with Crippen LogP contribution in [0.15, 0.2) is 34.7 Å². The van der Waals surface area contributed by atoms with Gasteiger partial charge in [-0.3, -0.25) is 0 Å². The average molecular weight is 318 g/mol. The maximum Gasteiger partial charge on any atom is 0.416 e. The van der Waals surface area contributed by atoms with E-state index in [1.165, 1.54) is 6.07 Å². The summed E-state index contributed by atoms with van der Waals surface area (Å²) in [7, 11) is 0. The normalized spacial score (nSPS) is 11.9. The molecule has 0 amide bonds. The van der Waals surface area contributed by atoms with Gasteiger partial charge in [-0.1, -0.05) is 18.5 Å².